The van der Waals surface area contributed by atoms with Crippen molar-refractivity contribution in [3.8, 4) is 5.75 Å². The summed E-state index contributed by atoms with van der Waals surface area (Å²) in [5.74, 6) is -0.344. The van der Waals surface area contributed by atoms with Crippen LogP contribution in [0.15, 0.2) is 59.7 Å². The molecule has 8 nitrogen and oxygen atoms in total. The maximum absolute atomic E-state index is 13.5. The van der Waals surface area contributed by atoms with Crippen LogP contribution in [-0.4, -0.2) is 29.7 Å². The van der Waals surface area contributed by atoms with Crippen LogP contribution < -0.4 is 20.4 Å². The van der Waals surface area contributed by atoms with E-state index < -0.39 is 12.0 Å². The summed E-state index contributed by atoms with van der Waals surface area (Å²) in [5.41, 5.74) is 3.97. The lowest BCUT2D eigenvalue weighted by Crippen LogP contribution is -2.33. The van der Waals surface area contributed by atoms with E-state index in [1.807, 2.05) is 19.9 Å². The van der Waals surface area contributed by atoms with Gasteiger partial charge in [0.2, 0.25) is 0 Å². The maximum atomic E-state index is 13.5. The fraction of sp³-hybridized carbons (Fsp3) is 0.405. The molecule has 0 fully saturated rings. The summed E-state index contributed by atoms with van der Waals surface area (Å²) < 4.78 is 6.40. The fourth-order valence-electron chi connectivity index (χ4n) is 5.19. The quantitative estimate of drug-likeness (QED) is 0.211. The molecule has 1 unspecified atom stereocenters. The first-order valence-corrected chi connectivity index (χ1v) is 16.8. The second kappa shape index (κ2) is 14.5. The van der Waals surface area contributed by atoms with E-state index in [1.165, 1.54) is 5.56 Å². The number of halogens is 2. The van der Waals surface area contributed by atoms with Gasteiger partial charge >= 0.3 is 0 Å². The Morgan fingerprint density at radius 2 is 1.60 bits per heavy atom. The number of ether oxygens (including phenoxy) is 1. The van der Waals surface area contributed by atoms with Crippen LogP contribution in [0, 0.1) is 6.92 Å². The van der Waals surface area contributed by atoms with Crippen LogP contribution in [0.5, 0.6) is 5.75 Å². The summed E-state index contributed by atoms with van der Waals surface area (Å²) in [4.78, 5) is 39.4. The van der Waals surface area contributed by atoms with Crippen molar-refractivity contribution in [1.29, 1.82) is 0 Å². The molecule has 0 spiro atoms. The van der Waals surface area contributed by atoms with Gasteiger partial charge in [0.05, 0.1) is 16.5 Å². The molecule has 0 saturated carbocycles. The van der Waals surface area contributed by atoms with Gasteiger partial charge in [-0.05, 0) is 84.5 Å². The molecular formula is C37H44Cl2N4O4. The number of amidine groups is 1. The van der Waals surface area contributed by atoms with Gasteiger partial charge in [0.15, 0.2) is 6.10 Å². The highest BCUT2D eigenvalue weighted by molar-refractivity contribution is 6.40. The zero-order valence-corrected chi connectivity index (χ0v) is 29.9. The number of carbonyl (C=O) groups is 3. The largest absolute Gasteiger partial charge is 0.480 e. The highest BCUT2D eigenvalue weighted by Gasteiger charge is 2.31. The minimum atomic E-state index is -0.755. The molecule has 47 heavy (non-hydrogen) atoms. The van der Waals surface area contributed by atoms with Crippen molar-refractivity contribution >= 4 is 58.1 Å². The van der Waals surface area contributed by atoms with Gasteiger partial charge in [-0.2, -0.15) is 10.1 Å². The Kier molecular flexibility index (Phi) is 11.1. The number of hydrogen-bond acceptors (Lipinski definition) is 5. The van der Waals surface area contributed by atoms with Crippen molar-refractivity contribution in [2.24, 2.45) is 5.10 Å². The zero-order chi connectivity index (χ0) is 34.7. The summed E-state index contributed by atoms with van der Waals surface area (Å²) in [5, 5.41) is 11.5. The highest BCUT2D eigenvalue weighted by Crippen LogP contribution is 2.39. The average Bonchev–Trinajstić information content (AvgIpc) is 3.37. The number of aryl methyl sites for hydroxylation is 1. The van der Waals surface area contributed by atoms with Gasteiger partial charge in [0.1, 0.15) is 17.3 Å². The van der Waals surface area contributed by atoms with Crippen LogP contribution in [0.2, 0.25) is 10.0 Å². The standard InChI is InChI=1S/C37H44Cl2N4O4/c1-9-29(47-30-16-15-24(36(5,6)10-2)20-26(30)37(7,8)11-3)35(46)40-25-14-12-13-23(19-25)34(45)41-31-21-32(44)43(42-31)33-27(38)17-22(4)18-28(33)39/h12-20,29H,9-11,21H2,1-8H3,(H,40,46)(H,41,42,45). The molecule has 250 valence electrons. The molecule has 1 heterocycles. The number of nitrogens with zero attached hydrogens (tertiary/aromatic N) is 2. The van der Waals surface area contributed by atoms with E-state index in [-0.39, 0.29) is 56.2 Å². The van der Waals surface area contributed by atoms with Crippen LogP contribution in [0.1, 0.15) is 101 Å². The predicted octanol–water partition coefficient (Wildman–Crippen LogP) is 8.95. The number of amides is 3. The van der Waals surface area contributed by atoms with Crippen LogP contribution in [-0.2, 0) is 20.4 Å². The third-order valence-electron chi connectivity index (χ3n) is 8.99. The van der Waals surface area contributed by atoms with Gasteiger partial charge in [0, 0.05) is 16.8 Å². The lowest BCUT2D eigenvalue weighted by Gasteiger charge is -2.31. The van der Waals surface area contributed by atoms with Gasteiger partial charge in [-0.1, -0.05) is 89.9 Å². The number of carbonyl (C=O) groups excluding carboxylic acids is 3. The number of benzene rings is 3. The van der Waals surface area contributed by atoms with Crippen molar-refractivity contribution in [3.63, 3.8) is 0 Å². The van der Waals surface area contributed by atoms with Gasteiger partial charge in [-0.25, -0.2) is 0 Å². The molecule has 2 N–H and O–H groups in total. The maximum Gasteiger partial charge on any atom is 0.265 e. The molecule has 0 bridgehead atoms. The Balaban J connectivity index is 1.49. The molecular weight excluding hydrogens is 635 g/mol. The number of nitrogens with one attached hydrogen (secondary N) is 2. The summed E-state index contributed by atoms with van der Waals surface area (Å²) >= 11 is 12.7. The fourth-order valence-corrected chi connectivity index (χ4v) is 5.94. The minimum absolute atomic E-state index is 0.0117. The first kappa shape index (κ1) is 36.0. The molecule has 10 heteroatoms. The van der Waals surface area contributed by atoms with E-state index in [4.69, 9.17) is 27.9 Å². The Bertz CT molecular complexity index is 1690. The van der Waals surface area contributed by atoms with E-state index in [0.717, 1.165) is 29.0 Å². The molecule has 3 aromatic carbocycles. The molecule has 0 saturated heterocycles. The summed E-state index contributed by atoms with van der Waals surface area (Å²) in [6.45, 7) is 16.9. The third-order valence-corrected chi connectivity index (χ3v) is 9.57. The van der Waals surface area contributed by atoms with Crippen LogP contribution >= 0.6 is 23.2 Å². The monoisotopic (exact) mass is 678 g/mol. The number of hydrogen-bond donors (Lipinski definition) is 2. The van der Waals surface area contributed by atoms with Crippen LogP contribution in [0.4, 0.5) is 11.4 Å². The number of rotatable bonds is 11. The molecule has 4 rings (SSSR count). The molecule has 0 aromatic heterocycles. The number of hydrazone groups is 1. The van der Waals surface area contributed by atoms with Gasteiger partial charge in [0.25, 0.3) is 17.7 Å². The van der Waals surface area contributed by atoms with Crippen molar-refractivity contribution in [2.75, 3.05) is 10.3 Å². The minimum Gasteiger partial charge on any atom is -0.480 e. The van der Waals surface area contributed by atoms with Crippen molar-refractivity contribution in [3.05, 3.63) is 86.9 Å². The lowest BCUT2D eigenvalue weighted by atomic mass is 9.76. The summed E-state index contributed by atoms with van der Waals surface area (Å²) in [6.07, 6.45) is 1.46. The molecule has 3 aromatic rings. The molecule has 0 radical (unpaired) electrons. The Labute approximate surface area is 287 Å². The van der Waals surface area contributed by atoms with Crippen molar-refractivity contribution in [2.45, 2.75) is 98.0 Å². The Morgan fingerprint density at radius 3 is 2.21 bits per heavy atom. The van der Waals surface area contributed by atoms with Gasteiger partial charge in [-0.15, -0.1) is 0 Å². The lowest BCUT2D eigenvalue weighted by molar-refractivity contribution is -0.123. The van der Waals surface area contributed by atoms with Gasteiger partial charge < -0.3 is 15.4 Å². The Hall–Kier alpha value is -3.88. The number of anilines is 2. The van der Waals surface area contributed by atoms with E-state index >= 15 is 0 Å². The van der Waals surface area contributed by atoms with Crippen molar-refractivity contribution in [1.82, 2.24) is 5.32 Å². The second-order valence-corrected chi connectivity index (χ2v) is 14.0. The first-order chi connectivity index (χ1) is 22.1. The third kappa shape index (κ3) is 8.17. The summed E-state index contributed by atoms with van der Waals surface area (Å²) in [7, 11) is 0. The topological polar surface area (TPSA) is 100 Å². The van der Waals surface area contributed by atoms with Crippen LogP contribution in [0.3, 0.4) is 0 Å². The zero-order valence-electron chi connectivity index (χ0n) is 28.4. The SMILES string of the molecule is CCC(Oc1ccc(C(C)(C)CC)cc1C(C)(C)CC)C(=O)Nc1cccc(C(=O)NC2=NN(c3c(Cl)cc(C)cc3Cl)C(=O)C2)c1. The Morgan fingerprint density at radius 1 is 0.936 bits per heavy atom. The molecule has 1 aliphatic rings. The first-order valence-electron chi connectivity index (χ1n) is 16.0. The predicted molar refractivity (Wildman–Crippen MR) is 191 cm³/mol. The smallest absolute Gasteiger partial charge is 0.265 e. The summed E-state index contributed by atoms with van der Waals surface area (Å²) in [6, 6.07) is 16.2. The van der Waals surface area contributed by atoms with E-state index in [2.05, 4.69) is 69.4 Å². The van der Waals surface area contributed by atoms with Gasteiger partial charge in [-0.3, -0.25) is 14.4 Å². The van der Waals surface area contributed by atoms with E-state index in [0.29, 0.717) is 17.9 Å². The molecule has 1 aliphatic heterocycles. The van der Waals surface area contributed by atoms with E-state index in [9.17, 15) is 14.4 Å². The normalized spacial score (nSPS) is 14.1. The van der Waals surface area contributed by atoms with E-state index in [1.54, 1.807) is 36.4 Å². The van der Waals surface area contributed by atoms with Crippen molar-refractivity contribution < 1.29 is 19.1 Å². The molecule has 3 amide bonds. The average molecular weight is 680 g/mol. The molecule has 0 aliphatic carbocycles. The molecule has 1 atom stereocenters. The second-order valence-electron chi connectivity index (χ2n) is 13.2. The highest BCUT2D eigenvalue weighted by atomic mass is 35.5. The van der Waals surface area contributed by atoms with Crippen LogP contribution in [0.25, 0.3) is 0 Å².